The van der Waals surface area contributed by atoms with Crippen molar-refractivity contribution in [2.45, 2.75) is 33.3 Å². The minimum absolute atomic E-state index is 0.0920. The van der Waals surface area contributed by atoms with Crippen molar-refractivity contribution in [3.8, 4) is 0 Å². The van der Waals surface area contributed by atoms with Gasteiger partial charge in [0, 0.05) is 5.56 Å². The van der Waals surface area contributed by atoms with Crippen LogP contribution in [0.5, 0.6) is 0 Å². The van der Waals surface area contributed by atoms with Gasteiger partial charge in [0.05, 0.1) is 12.5 Å². The highest BCUT2D eigenvalue weighted by Crippen LogP contribution is 2.32. The molecule has 0 radical (unpaired) electrons. The molecule has 0 saturated heterocycles. The average Bonchev–Trinajstić information content (AvgIpc) is 2.50. The standard InChI is InChI=1S/C17H19FO4/c1-4-9-21-17(20)14-15(19)10(2)11(3)22-16(14)12-5-7-13(18)8-6-12/h5-8,10-11H,4,9H2,1-3H3. The number of benzene rings is 1. The summed E-state index contributed by atoms with van der Waals surface area (Å²) in [6, 6.07) is 5.48. The smallest absolute Gasteiger partial charge is 0.345 e. The molecule has 0 saturated carbocycles. The van der Waals surface area contributed by atoms with Crippen molar-refractivity contribution in [1.82, 2.24) is 0 Å². The SMILES string of the molecule is CCCOC(=O)C1=C(c2ccc(F)cc2)OC(C)C(C)C1=O. The van der Waals surface area contributed by atoms with Crippen molar-refractivity contribution >= 4 is 17.5 Å². The van der Waals surface area contributed by atoms with Crippen LogP contribution in [0.2, 0.25) is 0 Å². The molecule has 22 heavy (non-hydrogen) atoms. The van der Waals surface area contributed by atoms with Crippen molar-refractivity contribution in [3.05, 3.63) is 41.2 Å². The van der Waals surface area contributed by atoms with Gasteiger partial charge in [-0.1, -0.05) is 13.8 Å². The fourth-order valence-corrected chi connectivity index (χ4v) is 2.17. The second-order valence-corrected chi connectivity index (χ2v) is 5.32. The molecule has 2 rings (SSSR count). The highest BCUT2D eigenvalue weighted by Gasteiger charge is 2.38. The first-order chi connectivity index (χ1) is 10.5. The molecule has 1 aromatic carbocycles. The van der Waals surface area contributed by atoms with Gasteiger partial charge in [-0.05, 0) is 37.6 Å². The van der Waals surface area contributed by atoms with Gasteiger partial charge in [0.1, 0.15) is 23.3 Å². The Balaban J connectivity index is 2.48. The minimum Gasteiger partial charge on any atom is -0.488 e. The summed E-state index contributed by atoms with van der Waals surface area (Å²) in [6.07, 6.45) is 0.293. The van der Waals surface area contributed by atoms with Crippen molar-refractivity contribution in [1.29, 1.82) is 0 Å². The quantitative estimate of drug-likeness (QED) is 0.633. The number of rotatable bonds is 4. The number of hydrogen-bond acceptors (Lipinski definition) is 4. The Morgan fingerprint density at radius 3 is 2.50 bits per heavy atom. The lowest BCUT2D eigenvalue weighted by molar-refractivity contribution is -0.142. The topological polar surface area (TPSA) is 52.6 Å². The third kappa shape index (κ3) is 3.18. The molecular weight excluding hydrogens is 287 g/mol. The van der Waals surface area contributed by atoms with E-state index in [4.69, 9.17) is 9.47 Å². The van der Waals surface area contributed by atoms with Gasteiger partial charge in [0.2, 0.25) is 0 Å². The molecule has 2 atom stereocenters. The highest BCUT2D eigenvalue weighted by atomic mass is 19.1. The zero-order valence-corrected chi connectivity index (χ0v) is 12.9. The lowest BCUT2D eigenvalue weighted by Crippen LogP contribution is -2.35. The number of carbonyl (C=O) groups excluding carboxylic acids is 2. The normalized spacial score (nSPS) is 21.5. The Bertz CT molecular complexity index is 604. The maximum atomic E-state index is 13.1. The predicted molar refractivity (Wildman–Crippen MR) is 79.3 cm³/mol. The van der Waals surface area contributed by atoms with Gasteiger partial charge in [-0.15, -0.1) is 0 Å². The number of hydrogen-bond donors (Lipinski definition) is 0. The van der Waals surface area contributed by atoms with Crippen LogP contribution in [0.4, 0.5) is 4.39 Å². The number of Topliss-reactive ketones (excluding diaryl/α,β-unsaturated/α-hetero) is 1. The van der Waals surface area contributed by atoms with Gasteiger partial charge in [0.15, 0.2) is 5.78 Å². The summed E-state index contributed by atoms with van der Waals surface area (Å²) in [6.45, 7) is 5.57. The van der Waals surface area contributed by atoms with E-state index in [9.17, 15) is 14.0 Å². The maximum absolute atomic E-state index is 13.1. The Morgan fingerprint density at radius 1 is 1.27 bits per heavy atom. The monoisotopic (exact) mass is 306 g/mol. The van der Waals surface area contributed by atoms with E-state index in [2.05, 4.69) is 0 Å². The van der Waals surface area contributed by atoms with Crippen LogP contribution in [0.15, 0.2) is 29.8 Å². The molecule has 1 aliphatic rings. The van der Waals surface area contributed by atoms with Gasteiger partial charge < -0.3 is 9.47 Å². The van der Waals surface area contributed by atoms with Crippen LogP contribution in [0, 0.1) is 11.7 Å². The average molecular weight is 306 g/mol. The molecule has 0 aromatic heterocycles. The van der Waals surface area contributed by atoms with Crippen LogP contribution in [-0.2, 0) is 19.1 Å². The van der Waals surface area contributed by atoms with Crippen LogP contribution in [0.25, 0.3) is 5.76 Å². The summed E-state index contributed by atoms with van der Waals surface area (Å²) in [5.74, 6) is -1.67. The lowest BCUT2D eigenvalue weighted by Gasteiger charge is -2.29. The lowest BCUT2D eigenvalue weighted by atomic mass is 9.89. The van der Waals surface area contributed by atoms with E-state index < -0.39 is 17.7 Å². The van der Waals surface area contributed by atoms with E-state index in [1.54, 1.807) is 13.8 Å². The molecular formula is C17H19FO4. The Hall–Kier alpha value is -2.17. The number of halogens is 1. The van der Waals surface area contributed by atoms with Crippen LogP contribution in [0.1, 0.15) is 32.8 Å². The maximum Gasteiger partial charge on any atom is 0.345 e. The van der Waals surface area contributed by atoms with Crippen LogP contribution >= 0.6 is 0 Å². The molecule has 0 aliphatic carbocycles. The van der Waals surface area contributed by atoms with Gasteiger partial charge in [0.25, 0.3) is 0 Å². The van der Waals surface area contributed by atoms with Gasteiger partial charge >= 0.3 is 5.97 Å². The summed E-state index contributed by atoms with van der Waals surface area (Å²) < 4.78 is 23.9. The summed E-state index contributed by atoms with van der Waals surface area (Å²) in [5, 5.41) is 0. The molecule has 0 fully saturated rings. The first-order valence-corrected chi connectivity index (χ1v) is 7.34. The third-order valence-corrected chi connectivity index (χ3v) is 3.64. The van der Waals surface area contributed by atoms with Gasteiger partial charge in [-0.2, -0.15) is 0 Å². The van der Waals surface area contributed by atoms with Crippen molar-refractivity contribution in [2.75, 3.05) is 6.61 Å². The first-order valence-electron chi connectivity index (χ1n) is 7.34. The predicted octanol–water partition coefficient (Wildman–Crippen LogP) is 3.11. The summed E-state index contributed by atoms with van der Waals surface area (Å²) in [5.41, 5.74) is 0.391. The number of esters is 1. The Morgan fingerprint density at radius 2 is 1.91 bits per heavy atom. The summed E-state index contributed by atoms with van der Waals surface area (Å²) in [4.78, 5) is 24.7. The van der Waals surface area contributed by atoms with Crippen molar-refractivity contribution in [3.63, 3.8) is 0 Å². The molecule has 0 N–H and O–H groups in total. The van der Waals surface area contributed by atoms with Crippen LogP contribution in [-0.4, -0.2) is 24.5 Å². The molecule has 118 valence electrons. The first kappa shape index (κ1) is 16.2. The van der Waals surface area contributed by atoms with E-state index in [-0.39, 0.29) is 29.8 Å². The second kappa shape index (κ2) is 6.73. The van der Waals surface area contributed by atoms with Gasteiger partial charge in [-0.25, -0.2) is 9.18 Å². The van der Waals surface area contributed by atoms with Crippen LogP contribution < -0.4 is 0 Å². The summed E-state index contributed by atoms with van der Waals surface area (Å²) >= 11 is 0. The molecule has 2 unspecified atom stereocenters. The van der Waals surface area contributed by atoms with Crippen LogP contribution in [0.3, 0.4) is 0 Å². The minimum atomic E-state index is -0.690. The largest absolute Gasteiger partial charge is 0.488 e. The molecule has 1 heterocycles. The van der Waals surface area contributed by atoms with Gasteiger partial charge in [-0.3, -0.25) is 4.79 Å². The molecule has 5 heteroatoms. The fourth-order valence-electron chi connectivity index (χ4n) is 2.17. The Labute approximate surface area is 128 Å². The van der Waals surface area contributed by atoms with E-state index >= 15 is 0 Å². The van der Waals surface area contributed by atoms with Crippen molar-refractivity contribution < 1.29 is 23.5 Å². The number of ketones is 1. The molecule has 4 nitrogen and oxygen atoms in total. The number of ether oxygens (including phenoxy) is 2. The van der Waals surface area contributed by atoms with E-state index in [0.717, 1.165) is 0 Å². The van der Waals surface area contributed by atoms with E-state index in [1.807, 2.05) is 6.92 Å². The molecule has 0 amide bonds. The fraction of sp³-hybridized carbons (Fsp3) is 0.412. The van der Waals surface area contributed by atoms with Crippen molar-refractivity contribution in [2.24, 2.45) is 5.92 Å². The highest BCUT2D eigenvalue weighted by molar-refractivity contribution is 6.23. The third-order valence-electron chi connectivity index (χ3n) is 3.64. The van der Waals surface area contributed by atoms with E-state index in [0.29, 0.717) is 12.0 Å². The zero-order valence-electron chi connectivity index (χ0n) is 12.9. The summed E-state index contributed by atoms with van der Waals surface area (Å²) in [7, 11) is 0. The van der Waals surface area contributed by atoms with E-state index in [1.165, 1.54) is 24.3 Å². The molecule has 0 spiro atoms. The second-order valence-electron chi connectivity index (χ2n) is 5.32. The molecule has 0 bridgehead atoms. The Kier molecular flexibility index (Phi) is 4.96. The molecule has 1 aliphatic heterocycles. The zero-order chi connectivity index (χ0) is 16.3. The number of carbonyl (C=O) groups is 2. The molecule has 1 aromatic rings.